The zero-order valence-corrected chi connectivity index (χ0v) is 9.30. The molecule has 1 aliphatic carbocycles. The number of nitrogens with zero attached hydrogens (tertiary/aromatic N) is 2. The number of hydrogen-bond donors (Lipinski definition) is 1. The molecule has 1 radical (unpaired) electrons. The maximum absolute atomic E-state index is 4.33. The lowest BCUT2D eigenvalue weighted by molar-refractivity contribution is 0.775. The molecule has 0 bridgehead atoms. The SMILES string of the molecule is [CH]1CC1n1cccc1-c1cc2cccnc2[nH]1. The van der Waals surface area contributed by atoms with Gasteiger partial charge in [0.05, 0.1) is 11.4 Å². The second-order valence-electron chi connectivity index (χ2n) is 4.46. The van der Waals surface area contributed by atoms with E-state index in [0.29, 0.717) is 6.04 Å². The van der Waals surface area contributed by atoms with Crippen LogP contribution in [0.15, 0.2) is 42.7 Å². The third kappa shape index (κ3) is 1.39. The van der Waals surface area contributed by atoms with Crippen molar-refractivity contribution in [3.8, 4) is 11.4 Å². The van der Waals surface area contributed by atoms with Crippen molar-refractivity contribution >= 4 is 11.0 Å². The second kappa shape index (κ2) is 3.23. The van der Waals surface area contributed by atoms with Gasteiger partial charge in [0.15, 0.2) is 0 Å². The van der Waals surface area contributed by atoms with Gasteiger partial charge < -0.3 is 9.55 Å². The number of nitrogens with one attached hydrogen (secondary N) is 1. The molecule has 1 aliphatic rings. The molecule has 1 N–H and O–H groups in total. The molecule has 1 fully saturated rings. The van der Waals surface area contributed by atoms with E-state index in [9.17, 15) is 0 Å². The van der Waals surface area contributed by atoms with Crippen molar-refractivity contribution in [3.05, 3.63) is 49.1 Å². The lowest BCUT2D eigenvalue weighted by atomic mass is 10.3. The van der Waals surface area contributed by atoms with Crippen LogP contribution >= 0.6 is 0 Å². The molecule has 0 amide bonds. The van der Waals surface area contributed by atoms with Crippen LogP contribution in [0.3, 0.4) is 0 Å². The van der Waals surface area contributed by atoms with Crippen molar-refractivity contribution in [2.24, 2.45) is 0 Å². The van der Waals surface area contributed by atoms with E-state index in [2.05, 4.69) is 51.4 Å². The van der Waals surface area contributed by atoms with Gasteiger partial charge >= 0.3 is 0 Å². The monoisotopic (exact) mass is 222 g/mol. The summed E-state index contributed by atoms with van der Waals surface area (Å²) in [7, 11) is 0. The lowest BCUT2D eigenvalue weighted by Gasteiger charge is -2.04. The van der Waals surface area contributed by atoms with Crippen LogP contribution < -0.4 is 0 Å². The van der Waals surface area contributed by atoms with Gasteiger partial charge in [-0.2, -0.15) is 0 Å². The fraction of sp³-hybridized carbons (Fsp3) is 0.143. The van der Waals surface area contributed by atoms with Gasteiger partial charge in [-0.3, -0.25) is 0 Å². The second-order valence-corrected chi connectivity index (χ2v) is 4.46. The highest BCUT2D eigenvalue weighted by atomic mass is 15.1. The largest absolute Gasteiger partial charge is 0.343 e. The molecule has 0 saturated heterocycles. The van der Waals surface area contributed by atoms with Crippen LogP contribution in [-0.2, 0) is 0 Å². The summed E-state index contributed by atoms with van der Waals surface area (Å²) in [5.74, 6) is 0. The standard InChI is InChI=1S/C14H12N3/c1-3-10-9-12(16-14(10)15-7-1)13-4-2-8-17(13)11-5-6-11/h1-5,7-9,11H,6H2,(H,15,16). The molecular formula is C14H12N3. The molecular weight excluding hydrogens is 210 g/mol. The first kappa shape index (κ1) is 9.05. The van der Waals surface area contributed by atoms with E-state index in [0.717, 1.165) is 16.7 Å². The quantitative estimate of drug-likeness (QED) is 0.709. The Balaban J connectivity index is 1.89. The van der Waals surface area contributed by atoms with E-state index < -0.39 is 0 Å². The molecule has 0 aromatic carbocycles. The smallest absolute Gasteiger partial charge is 0.137 e. The third-order valence-electron chi connectivity index (χ3n) is 3.25. The van der Waals surface area contributed by atoms with E-state index in [1.807, 2.05) is 12.3 Å². The highest BCUT2D eigenvalue weighted by Gasteiger charge is 2.25. The van der Waals surface area contributed by atoms with Gasteiger partial charge in [-0.25, -0.2) is 4.98 Å². The molecule has 3 aromatic heterocycles. The van der Waals surface area contributed by atoms with E-state index in [-0.39, 0.29) is 0 Å². The molecule has 4 rings (SSSR count). The van der Waals surface area contributed by atoms with E-state index in [4.69, 9.17) is 0 Å². The van der Waals surface area contributed by atoms with Gasteiger partial charge in [0.2, 0.25) is 0 Å². The van der Waals surface area contributed by atoms with Crippen molar-refractivity contribution in [3.63, 3.8) is 0 Å². The maximum atomic E-state index is 4.33. The van der Waals surface area contributed by atoms with Crippen LogP contribution in [0.2, 0.25) is 0 Å². The maximum Gasteiger partial charge on any atom is 0.137 e. The number of pyridine rings is 1. The van der Waals surface area contributed by atoms with E-state index in [1.165, 1.54) is 12.1 Å². The number of rotatable bonds is 2. The van der Waals surface area contributed by atoms with Gasteiger partial charge in [-0.1, -0.05) is 0 Å². The Morgan fingerprint density at radius 3 is 3.06 bits per heavy atom. The summed E-state index contributed by atoms with van der Waals surface area (Å²) in [6.07, 6.45) is 7.45. The van der Waals surface area contributed by atoms with Gasteiger partial charge in [0.25, 0.3) is 0 Å². The minimum absolute atomic E-state index is 0.583. The zero-order chi connectivity index (χ0) is 11.2. The predicted octanol–water partition coefficient (Wildman–Crippen LogP) is 3.18. The van der Waals surface area contributed by atoms with Crippen LogP contribution in [0.5, 0.6) is 0 Å². The topological polar surface area (TPSA) is 33.6 Å². The van der Waals surface area contributed by atoms with Crippen molar-refractivity contribution in [2.75, 3.05) is 0 Å². The Hall–Kier alpha value is -2.03. The summed E-state index contributed by atoms with van der Waals surface area (Å²) in [5.41, 5.74) is 3.33. The third-order valence-corrected chi connectivity index (χ3v) is 3.25. The molecule has 3 nitrogen and oxygen atoms in total. The van der Waals surface area contributed by atoms with Crippen LogP contribution in [-0.4, -0.2) is 14.5 Å². The van der Waals surface area contributed by atoms with Gasteiger partial charge in [0, 0.05) is 23.8 Å². The van der Waals surface area contributed by atoms with Crippen molar-refractivity contribution < 1.29 is 0 Å². The lowest BCUT2D eigenvalue weighted by Crippen LogP contribution is -1.94. The summed E-state index contributed by atoms with van der Waals surface area (Å²) in [6.45, 7) is 0. The fourth-order valence-electron chi connectivity index (χ4n) is 2.30. The molecule has 17 heavy (non-hydrogen) atoms. The average Bonchev–Trinajstić information content (AvgIpc) is 2.94. The molecule has 3 aromatic rings. The Morgan fingerprint density at radius 2 is 2.24 bits per heavy atom. The first-order valence-electron chi connectivity index (χ1n) is 5.86. The molecule has 3 heteroatoms. The molecule has 0 aliphatic heterocycles. The Bertz CT molecular complexity index is 640. The highest BCUT2D eigenvalue weighted by molar-refractivity contribution is 5.82. The Kier molecular flexibility index (Phi) is 1.72. The zero-order valence-electron chi connectivity index (χ0n) is 9.30. The molecule has 1 atom stereocenters. The number of aromatic amines is 1. The minimum Gasteiger partial charge on any atom is -0.343 e. The van der Waals surface area contributed by atoms with E-state index in [1.54, 1.807) is 0 Å². The number of hydrogen-bond acceptors (Lipinski definition) is 1. The first-order valence-corrected chi connectivity index (χ1v) is 5.86. The van der Waals surface area contributed by atoms with Crippen molar-refractivity contribution in [1.82, 2.24) is 14.5 Å². The predicted molar refractivity (Wildman–Crippen MR) is 67.5 cm³/mol. The number of fused-ring (bicyclic) bond motifs is 1. The highest BCUT2D eigenvalue weighted by Crippen LogP contribution is 2.37. The first-order chi connectivity index (χ1) is 8.42. The van der Waals surface area contributed by atoms with Gasteiger partial charge in [-0.15, -0.1) is 0 Å². The van der Waals surface area contributed by atoms with Crippen LogP contribution in [0.1, 0.15) is 12.5 Å². The summed E-state index contributed by atoms with van der Waals surface area (Å²) >= 11 is 0. The number of H-pyrrole nitrogens is 1. The summed E-state index contributed by atoms with van der Waals surface area (Å²) in [5, 5.41) is 1.16. The average molecular weight is 222 g/mol. The molecule has 1 saturated carbocycles. The van der Waals surface area contributed by atoms with Gasteiger partial charge in [0.1, 0.15) is 5.65 Å². The fourth-order valence-corrected chi connectivity index (χ4v) is 2.30. The molecule has 0 spiro atoms. The normalized spacial score (nSPS) is 15.5. The molecule has 1 unspecified atom stereocenters. The van der Waals surface area contributed by atoms with Crippen molar-refractivity contribution in [2.45, 2.75) is 12.5 Å². The minimum atomic E-state index is 0.583. The van der Waals surface area contributed by atoms with E-state index >= 15 is 0 Å². The van der Waals surface area contributed by atoms with Crippen LogP contribution in [0.4, 0.5) is 0 Å². The summed E-state index contributed by atoms with van der Waals surface area (Å²) in [6, 6.07) is 11.0. The summed E-state index contributed by atoms with van der Waals surface area (Å²) < 4.78 is 2.31. The van der Waals surface area contributed by atoms with Crippen molar-refractivity contribution in [1.29, 1.82) is 0 Å². The van der Waals surface area contributed by atoms with Gasteiger partial charge in [-0.05, 0) is 43.2 Å². The Labute approximate surface area is 99.1 Å². The Morgan fingerprint density at radius 1 is 1.29 bits per heavy atom. The van der Waals surface area contributed by atoms with Crippen LogP contribution in [0.25, 0.3) is 22.4 Å². The summed E-state index contributed by atoms with van der Waals surface area (Å²) in [4.78, 5) is 7.70. The molecule has 83 valence electrons. The van der Waals surface area contributed by atoms with Crippen LogP contribution in [0, 0.1) is 6.42 Å². The molecule has 3 heterocycles. The number of aromatic nitrogens is 3.